The average molecular weight is 461 g/mol. The second-order valence-corrected chi connectivity index (χ2v) is 7.40. The molecule has 4 aromatic rings. The molecule has 166 valence electrons. The lowest BCUT2D eigenvalue weighted by atomic mass is 10.1. The number of ether oxygens (including phenoxy) is 2. The van der Waals surface area contributed by atoms with Gasteiger partial charge in [0.2, 0.25) is 0 Å². The van der Waals surface area contributed by atoms with Gasteiger partial charge in [-0.2, -0.15) is 5.10 Å². The molecule has 33 heavy (non-hydrogen) atoms. The van der Waals surface area contributed by atoms with Crippen LogP contribution in [0.25, 0.3) is 22.5 Å². The molecule has 1 heterocycles. The monoisotopic (exact) mass is 460 g/mol. The van der Waals surface area contributed by atoms with E-state index in [0.29, 0.717) is 28.0 Å². The number of furan rings is 1. The van der Waals surface area contributed by atoms with Crippen LogP contribution < -0.4 is 14.9 Å². The summed E-state index contributed by atoms with van der Waals surface area (Å²) in [5.74, 6) is 1.92. The van der Waals surface area contributed by atoms with E-state index >= 15 is 0 Å². The quantitative estimate of drug-likeness (QED) is 0.266. The lowest BCUT2D eigenvalue weighted by molar-refractivity contribution is -0.123. The fourth-order valence-corrected chi connectivity index (χ4v) is 3.45. The van der Waals surface area contributed by atoms with Crippen molar-refractivity contribution in [3.05, 3.63) is 95.7 Å². The first-order valence-corrected chi connectivity index (χ1v) is 10.5. The number of carbonyl (C=O) groups excluding carboxylic acids is 1. The van der Waals surface area contributed by atoms with Gasteiger partial charge in [-0.05, 0) is 42.0 Å². The molecular formula is C26H21ClN2O4. The van der Waals surface area contributed by atoms with E-state index in [0.717, 1.165) is 16.7 Å². The molecule has 0 fully saturated rings. The molecule has 1 aromatic heterocycles. The Morgan fingerprint density at radius 1 is 0.970 bits per heavy atom. The van der Waals surface area contributed by atoms with Gasteiger partial charge in [0.1, 0.15) is 23.0 Å². The summed E-state index contributed by atoms with van der Waals surface area (Å²) < 4.78 is 16.6. The predicted molar refractivity (Wildman–Crippen MR) is 129 cm³/mol. The van der Waals surface area contributed by atoms with Crippen molar-refractivity contribution in [3.8, 4) is 33.9 Å². The summed E-state index contributed by atoms with van der Waals surface area (Å²) in [4.78, 5) is 12.2. The molecule has 6 nitrogen and oxygen atoms in total. The SMILES string of the molecule is COc1ccc(-c2ccc(/C=N\NC(=O)COc3ccccc3-c3ccccc3)o2)cc1Cl. The van der Waals surface area contributed by atoms with Crippen LogP contribution in [-0.4, -0.2) is 25.8 Å². The summed E-state index contributed by atoms with van der Waals surface area (Å²) in [6.07, 6.45) is 1.42. The highest BCUT2D eigenvalue weighted by Crippen LogP contribution is 2.31. The molecular weight excluding hydrogens is 440 g/mol. The maximum Gasteiger partial charge on any atom is 0.277 e. The number of hydrogen-bond acceptors (Lipinski definition) is 5. The van der Waals surface area contributed by atoms with Crippen molar-refractivity contribution in [2.24, 2.45) is 5.10 Å². The fraction of sp³-hybridized carbons (Fsp3) is 0.0769. The molecule has 0 bridgehead atoms. The van der Waals surface area contributed by atoms with Crippen molar-refractivity contribution >= 4 is 23.7 Å². The molecule has 0 aliphatic rings. The summed E-state index contributed by atoms with van der Waals surface area (Å²) in [5, 5.41) is 4.43. The van der Waals surface area contributed by atoms with Crippen LogP contribution in [0.4, 0.5) is 0 Å². The number of rotatable bonds is 8. The lowest BCUT2D eigenvalue weighted by Gasteiger charge is -2.10. The van der Waals surface area contributed by atoms with Crippen LogP contribution in [0.1, 0.15) is 5.76 Å². The molecule has 0 radical (unpaired) electrons. The zero-order valence-corrected chi connectivity index (χ0v) is 18.6. The third-order valence-electron chi connectivity index (χ3n) is 4.77. The summed E-state index contributed by atoms with van der Waals surface area (Å²) in [6.45, 7) is -0.172. The third kappa shape index (κ3) is 5.61. The highest BCUT2D eigenvalue weighted by molar-refractivity contribution is 6.32. The molecule has 0 atom stereocenters. The number of benzene rings is 3. The molecule has 0 spiro atoms. The summed E-state index contributed by atoms with van der Waals surface area (Å²) in [7, 11) is 1.56. The third-order valence-corrected chi connectivity index (χ3v) is 5.07. The number of halogens is 1. The first-order chi connectivity index (χ1) is 16.1. The highest BCUT2D eigenvalue weighted by Gasteiger charge is 2.09. The number of para-hydroxylation sites is 1. The van der Waals surface area contributed by atoms with Gasteiger partial charge in [-0.25, -0.2) is 5.43 Å². The lowest BCUT2D eigenvalue weighted by Crippen LogP contribution is -2.24. The van der Waals surface area contributed by atoms with Crippen molar-refractivity contribution in [2.45, 2.75) is 0 Å². The van der Waals surface area contributed by atoms with Gasteiger partial charge in [-0.15, -0.1) is 0 Å². The number of methoxy groups -OCH3 is 1. The molecule has 1 amide bonds. The Bertz CT molecular complexity index is 1270. The molecule has 0 saturated carbocycles. The minimum atomic E-state index is -0.386. The first-order valence-electron chi connectivity index (χ1n) is 10.2. The van der Waals surface area contributed by atoms with E-state index in [1.165, 1.54) is 6.21 Å². The Morgan fingerprint density at radius 2 is 1.76 bits per heavy atom. The minimum Gasteiger partial charge on any atom is -0.495 e. The smallest absolute Gasteiger partial charge is 0.277 e. The highest BCUT2D eigenvalue weighted by atomic mass is 35.5. The van der Waals surface area contributed by atoms with E-state index in [-0.39, 0.29) is 12.5 Å². The minimum absolute atomic E-state index is 0.172. The van der Waals surface area contributed by atoms with Crippen LogP contribution in [0, 0.1) is 0 Å². The second kappa shape index (κ2) is 10.5. The Labute approximate surface area is 196 Å². The fourth-order valence-electron chi connectivity index (χ4n) is 3.19. The number of hydrogen-bond donors (Lipinski definition) is 1. The average Bonchev–Trinajstić information content (AvgIpc) is 3.32. The van der Waals surface area contributed by atoms with Gasteiger partial charge < -0.3 is 13.9 Å². The van der Waals surface area contributed by atoms with Gasteiger partial charge in [-0.1, -0.05) is 60.1 Å². The maximum absolute atomic E-state index is 12.2. The zero-order valence-electron chi connectivity index (χ0n) is 17.8. The molecule has 1 N–H and O–H groups in total. The van der Waals surface area contributed by atoms with E-state index in [1.807, 2.05) is 60.7 Å². The second-order valence-electron chi connectivity index (χ2n) is 7.00. The Kier molecular flexibility index (Phi) is 7.07. The molecule has 0 aliphatic carbocycles. The number of carbonyl (C=O) groups is 1. The Morgan fingerprint density at radius 3 is 2.55 bits per heavy atom. The summed E-state index contributed by atoms with van der Waals surface area (Å²) in [6, 6.07) is 26.3. The predicted octanol–water partition coefficient (Wildman–Crippen LogP) is 5.80. The van der Waals surface area contributed by atoms with Gasteiger partial charge in [0, 0.05) is 11.1 Å². The molecule has 0 unspecified atom stereocenters. The van der Waals surface area contributed by atoms with Gasteiger partial charge in [0.15, 0.2) is 6.61 Å². The van der Waals surface area contributed by atoms with Crippen LogP contribution in [0.2, 0.25) is 5.02 Å². The van der Waals surface area contributed by atoms with Crippen molar-refractivity contribution in [1.29, 1.82) is 0 Å². The van der Waals surface area contributed by atoms with Crippen LogP contribution in [0.3, 0.4) is 0 Å². The standard InChI is InChI=1S/C26H21ClN2O4/c1-31-25-13-11-19(15-22(25)27)23-14-12-20(33-23)16-28-29-26(30)17-32-24-10-6-5-9-21(24)18-7-3-2-4-8-18/h2-16H,17H2,1H3,(H,29,30)/b28-16-. The van der Waals surface area contributed by atoms with Gasteiger partial charge >= 0.3 is 0 Å². The van der Waals surface area contributed by atoms with Crippen LogP contribution in [0.15, 0.2) is 94.4 Å². The summed E-state index contributed by atoms with van der Waals surface area (Å²) >= 11 is 6.17. The molecule has 3 aromatic carbocycles. The molecule has 7 heteroatoms. The van der Waals surface area contributed by atoms with Gasteiger partial charge in [-0.3, -0.25) is 4.79 Å². The number of nitrogens with zero attached hydrogens (tertiary/aromatic N) is 1. The Balaban J connectivity index is 1.33. The van der Waals surface area contributed by atoms with Gasteiger partial charge in [0.25, 0.3) is 5.91 Å². The van der Waals surface area contributed by atoms with Crippen LogP contribution >= 0.6 is 11.6 Å². The van der Waals surface area contributed by atoms with E-state index < -0.39 is 0 Å². The van der Waals surface area contributed by atoms with Crippen molar-refractivity contribution in [3.63, 3.8) is 0 Å². The number of hydrazone groups is 1. The molecule has 0 saturated heterocycles. The van der Waals surface area contributed by atoms with Crippen LogP contribution in [0.5, 0.6) is 11.5 Å². The van der Waals surface area contributed by atoms with E-state index in [1.54, 1.807) is 31.4 Å². The van der Waals surface area contributed by atoms with Crippen molar-refractivity contribution < 1.29 is 18.7 Å². The number of nitrogens with one attached hydrogen (secondary N) is 1. The first kappa shape index (κ1) is 22.2. The zero-order chi connectivity index (χ0) is 23.0. The maximum atomic E-state index is 12.2. The van der Waals surface area contributed by atoms with Crippen molar-refractivity contribution in [2.75, 3.05) is 13.7 Å². The molecule has 4 rings (SSSR count). The van der Waals surface area contributed by atoms with E-state index in [2.05, 4.69) is 10.5 Å². The topological polar surface area (TPSA) is 73.1 Å². The number of amides is 1. The van der Waals surface area contributed by atoms with E-state index in [9.17, 15) is 4.79 Å². The largest absolute Gasteiger partial charge is 0.495 e. The van der Waals surface area contributed by atoms with Gasteiger partial charge in [0.05, 0.1) is 18.3 Å². The summed E-state index contributed by atoms with van der Waals surface area (Å²) in [5.41, 5.74) is 5.17. The molecule has 0 aliphatic heterocycles. The normalized spacial score (nSPS) is 10.8. The van der Waals surface area contributed by atoms with Crippen LogP contribution in [-0.2, 0) is 4.79 Å². The van der Waals surface area contributed by atoms with Crippen molar-refractivity contribution in [1.82, 2.24) is 5.43 Å². The van der Waals surface area contributed by atoms with E-state index in [4.69, 9.17) is 25.5 Å². The Hall–Kier alpha value is -4.03.